The van der Waals surface area contributed by atoms with E-state index in [1.807, 2.05) is 13.8 Å². The first-order chi connectivity index (χ1) is 12.9. The highest BCUT2D eigenvalue weighted by Crippen LogP contribution is 2.44. The average molecular weight is 397 g/mol. The lowest BCUT2D eigenvalue weighted by atomic mass is 9.85. The number of thioether (sulfide) groups is 1. The van der Waals surface area contributed by atoms with E-state index in [9.17, 15) is 4.79 Å². The Morgan fingerprint density at radius 1 is 1.15 bits per heavy atom. The van der Waals surface area contributed by atoms with Crippen molar-refractivity contribution in [3.05, 3.63) is 20.9 Å². The van der Waals surface area contributed by atoms with E-state index in [1.54, 1.807) is 11.8 Å². The van der Waals surface area contributed by atoms with Gasteiger partial charge in [-0.15, -0.1) is 11.8 Å². The Morgan fingerprint density at radius 3 is 2.48 bits per heavy atom. The van der Waals surface area contributed by atoms with E-state index in [0.29, 0.717) is 5.25 Å². The van der Waals surface area contributed by atoms with Crippen LogP contribution in [-0.2, 0) is 14.3 Å². The smallest absolute Gasteiger partial charge is 0.302 e. The van der Waals surface area contributed by atoms with Crippen LogP contribution in [0.3, 0.4) is 0 Å². The predicted molar refractivity (Wildman–Crippen MR) is 104 cm³/mol. The topological polar surface area (TPSA) is 133 Å². The van der Waals surface area contributed by atoms with Crippen LogP contribution in [0.4, 0.5) is 0 Å². The van der Waals surface area contributed by atoms with Crippen molar-refractivity contribution in [1.82, 2.24) is 0 Å². The molecule has 0 spiro atoms. The van der Waals surface area contributed by atoms with Crippen LogP contribution < -0.4 is 0 Å². The van der Waals surface area contributed by atoms with Crippen LogP contribution in [0, 0.1) is 17.8 Å². The molecule has 0 aromatic rings. The Kier molecular flexibility index (Phi) is 8.10. The monoisotopic (exact) mass is 396 g/mol. The molecule has 9 nitrogen and oxygen atoms in total. The average Bonchev–Trinajstić information content (AvgIpc) is 2.63. The van der Waals surface area contributed by atoms with Crippen LogP contribution in [0.25, 0.3) is 20.9 Å². The third-order valence-electron chi connectivity index (χ3n) is 5.73. The van der Waals surface area contributed by atoms with Crippen molar-refractivity contribution < 1.29 is 14.3 Å². The summed E-state index contributed by atoms with van der Waals surface area (Å²) in [4.78, 5) is 17.2. The molecule has 8 atom stereocenters. The second kappa shape index (κ2) is 10.1. The lowest BCUT2D eigenvalue weighted by Crippen LogP contribution is -2.49. The second-order valence-corrected chi connectivity index (χ2v) is 8.84. The Morgan fingerprint density at radius 2 is 1.85 bits per heavy atom. The van der Waals surface area contributed by atoms with E-state index < -0.39 is 0 Å². The first kappa shape index (κ1) is 21.7. The number of hydrogen-bond donors (Lipinski definition) is 0. The van der Waals surface area contributed by atoms with Gasteiger partial charge < -0.3 is 9.47 Å². The molecule has 10 heteroatoms. The van der Waals surface area contributed by atoms with Crippen LogP contribution in [0.2, 0.25) is 0 Å². The summed E-state index contributed by atoms with van der Waals surface area (Å²) in [5.74, 6) is -0.125. The van der Waals surface area contributed by atoms with Crippen molar-refractivity contribution in [3.63, 3.8) is 0 Å². The van der Waals surface area contributed by atoms with Crippen molar-refractivity contribution in [2.24, 2.45) is 28.0 Å². The highest BCUT2D eigenvalue weighted by Gasteiger charge is 2.43. The maximum atomic E-state index is 11.2. The molecule has 1 saturated carbocycles. The van der Waals surface area contributed by atoms with Gasteiger partial charge in [0.1, 0.15) is 12.0 Å². The van der Waals surface area contributed by atoms with Crippen molar-refractivity contribution >= 4 is 17.7 Å². The summed E-state index contributed by atoms with van der Waals surface area (Å²) in [6, 6.07) is -0.225. The highest BCUT2D eigenvalue weighted by molar-refractivity contribution is 8.00. The summed E-state index contributed by atoms with van der Waals surface area (Å²) < 4.78 is 11.4. The first-order valence-corrected chi connectivity index (χ1v) is 10.4. The molecule has 2 rings (SSSR count). The van der Waals surface area contributed by atoms with Gasteiger partial charge in [-0.25, -0.2) is 0 Å². The number of ether oxygens (including phenoxy) is 2. The maximum Gasteiger partial charge on any atom is 0.302 e. The molecule has 0 radical (unpaired) electrons. The molecule has 2 fully saturated rings. The summed E-state index contributed by atoms with van der Waals surface area (Å²) in [5, 5.41) is 8.26. The standard InChI is InChI=1S/C17H28N6O3S/c1-9-13(20-22-18)6-5-7-15(9)27-17-11(3)16(21-23-19)10(2)14(26-17)8-25-12(4)24/h9-11,13-17H,5-8H2,1-4H3/t9?,10-,11?,13?,14?,15+,16-,17-/m0/s1. The molecular weight excluding hydrogens is 368 g/mol. The van der Waals surface area contributed by atoms with Crippen molar-refractivity contribution in [1.29, 1.82) is 0 Å². The number of nitrogens with zero attached hydrogens (tertiary/aromatic N) is 6. The Labute approximate surface area is 163 Å². The van der Waals surface area contributed by atoms with E-state index in [1.165, 1.54) is 6.92 Å². The molecule has 27 heavy (non-hydrogen) atoms. The van der Waals surface area contributed by atoms with Gasteiger partial charge in [0.05, 0.1) is 6.10 Å². The number of rotatable bonds is 6. The van der Waals surface area contributed by atoms with E-state index in [2.05, 4.69) is 27.0 Å². The summed E-state index contributed by atoms with van der Waals surface area (Å²) in [7, 11) is 0. The second-order valence-electron chi connectivity index (χ2n) is 7.50. The van der Waals surface area contributed by atoms with Gasteiger partial charge in [-0.2, -0.15) is 0 Å². The SMILES string of the molecule is CC(=O)OCC1O[C@@H](S[C@@H]2CCCC(N=[N+]=[N-])C2C)C(C)[C@@H](N=[N+]=[N-])[C@H]1C. The molecule has 0 amide bonds. The van der Waals surface area contributed by atoms with Crippen molar-refractivity contribution in [3.8, 4) is 0 Å². The number of azide groups is 2. The van der Waals surface area contributed by atoms with Gasteiger partial charge in [0.2, 0.25) is 0 Å². The normalized spacial score (nSPS) is 39.0. The molecule has 4 unspecified atom stereocenters. The zero-order valence-corrected chi connectivity index (χ0v) is 17.1. The minimum absolute atomic E-state index is 0.00356. The van der Waals surface area contributed by atoms with Gasteiger partial charge in [0.25, 0.3) is 0 Å². The largest absolute Gasteiger partial charge is 0.463 e. The molecule has 2 aliphatic rings. The van der Waals surface area contributed by atoms with Crippen LogP contribution in [0.15, 0.2) is 10.2 Å². The fourth-order valence-electron chi connectivity index (χ4n) is 3.99. The van der Waals surface area contributed by atoms with E-state index in [-0.39, 0.29) is 54.0 Å². The Balaban J connectivity index is 2.13. The van der Waals surface area contributed by atoms with Crippen LogP contribution in [0.5, 0.6) is 0 Å². The molecule has 1 aliphatic heterocycles. The molecule has 0 N–H and O–H groups in total. The number of carbonyl (C=O) groups excluding carboxylic acids is 1. The summed E-state index contributed by atoms with van der Waals surface area (Å²) in [6.45, 7) is 7.64. The Bertz CT molecular complexity index is 622. The quantitative estimate of drug-likeness (QED) is 0.275. The fraction of sp³-hybridized carbons (Fsp3) is 0.941. The molecule has 150 valence electrons. The third-order valence-corrected chi connectivity index (χ3v) is 7.55. The molecule has 0 bridgehead atoms. The molecule has 0 aromatic carbocycles. The maximum absolute atomic E-state index is 11.2. The van der Waals surface area contributed by atoms with Crippen molar-refractivity contribution in [2.45, 2.75) is 75.8 Å². The van der Waals surface area contributed by atoms with E-state index in [4.69, 9.17) is 20.5 Å². The van der Waals surface area contributed by atoms with Gasteiger partial charge in [-0.1, -0.05) is 37.4 Å². The zero-order valence-electron chi connectivity index (χ0n) is 16.3. The lowest BCUT2D eigenvalue weighted by Gasteiger charge is -2.45. The van der Waals surface area contributed by atoms with Crippen LogP contribution >= 0.6 is 11.8 Å². The predicted octanol–water partition coefficient (Wildman–Crippen LogP) is 4.83. The van der Waals surface area contributed by atoms with E-state index in [0.717, 1.165) is 19.3 Å². The Hall–Kier alpha value is -1.60. The first-order valence-electron chi connectivity index (χ1n) is 9.41. The highest BCUT2D eigenvalue weighted by atomic mass is 32.2. The molecule has 1 heterocycles. The van der Waals surface area contributed by atoms with E-state index >= 15 is 0 Å². The van der Waals surface area contributed by atoms with Gasteiger partial charge in [0, 0.05) is 40.0 Å². The molecular formula is C17H28N6O3S. The summed E-state index contributed by atoms with van der Waals surface area (Å²) in [5.41, 5.74) is 17.6. The molecule has 1 saturated heterocycles. The summed E-state index contributed by atoms with van der Waals surface area (Å²) in [6.07, 6.45) is 2.65. The van der Waals surface area contributed by atoms with Gasteiger partial charge in [-0.05, 0) is 35.7 Å². The number of esters is 1. The van der Waals surface area contributed by atoms with Gasteiger partial charge >= 0.3 is 5.97 Å². The van der Waals surface area contributed by atoms with Crippen LogP contribution in [-0.4, -0.2) is 41.4 Å². The lowest BCUT2D eigenvalue weighted by molar-refractivity contribution is -0.153. The van der Waals surface area contributed by atoms with Gasteiger partial charge in [-0.3, -0.25) is 4.79 Å². The fourth-order valence-corrected chi connectivity index (χ4v) is 5.68. The van der Waals surface area contributed by atoms with Gasteiger partial charge in [0.15, 0.2) is 0 Å². The minimum Gasteiger partial charge on any atom is -0.463 e. The zero-order chi connectivity index (χ0) is 20.0. The summed E-state index contributed by atoms with van der Waals surface area (Å²) >= 11 is 1.73. The molecule has 1 aliphatic carbocycles. The third kappa shape index (κ3) is 5.45. The molecule has 0 aromatic heterocycles. The van der Waals surface area contributed by atoms with Crippen LogP contribution in [0.1, 0.15) is 47.0 Å². The number of carbonyl (C=O) groups is 1. The van der Waals surface area contributed by atoms with Crippen molar-refractivity contribution in [2.75, 3.05) is 6.61 Å². The number of hydrogen-bond acceptors (Lipinski definition) is 6. The minimum atomic E-state index is -0.355.